The lowest BCUT2D eigenvalue weighted by Gasteiger charge is -2.33. The molecule has 2 rings (SSSR count). The molecule has 2 atom stereocenters. The van der Waals surface area contributed by atoms with Crippen molar-refractivity contribution in [1.29, 1.82) is 0 Å². The SMILES string of the molecule is CC1CCN(CCC2CCCC2(N)C(N)=O)CC1. The van der Waals surface area contributed by atoms with Gasteiger partial charge in [0.05, 0.1) is 5.54 Å². The Labute approximate surface area is 110 Å². The zero-order chi connectivity index (χ0) is 13.2. The predicted octanol–water partition coefficient (Wildman–Crippen LogP) is 1.09. The van der Waals surface area contributed by atoms with Gasteiger partial charge in [-0.3, -0.25) is 4.79 Å². The number of carbonyl (C=O) groups is 1. The van der Waals surface area contributed by atoms with Crippen LogP contribution >= 0.6 is 0 Å². The third-order valence-corrected chi connectivity index (χ3v) is 5.00. The zero-order valence-electron chi connectivity index (χ0n) is 11.5. The van der Waals surface area contributed by atoms with Crippen molar-refractivity contribution in [3.63, 3.8) is 0 Å². The highest BCUT2D eigenvalue weighted by Gasteiger charge is 2.44. The van der Waals surface area contributed by atoms with Gasteiger partial charge in [-0.05, 0) is 63.6 Å². The Morgan fingerprint density at radius 2 is 2.00 bits per heavy atom. The molecule has 1 aliphatic heterocycles. The van der Waals surface area contributed by atoms with Gasteiger partial charge in [-0.2, -0.15) is 0 Å². The van der Waals surface area contributed by atoms with E-state index in [-0.39, 0.29) is 11.8 Å². The number of primary amides is 1. The summed E-state index contributed by atoms with van der Waals surface area (Å²) in [6.45, 7) is 5.79. The van der Waals surface area contributed by atoms with Crippen LogP contribution in [-0.4, -0.2) is 36.0 Å². The van der Waals surface area contributed by atoms with Crippen LogP contribution < -0.4 is 11.5 Å². The Balaban J connectivity index is 1.81. The predicted molar refractivity (Wildman–Crippen MR) is 72.9 cm³/mol. The molecule has 4 nitrogen and oxygen atoms in total. The van der Waals surface area contributed by atoms with E-state index in [9.17, 15) is 4.79 Å². The number of piperidine rings is 1. The fraction of sp³-hybridized carbons (Fsp3) is 0.929. The quantitative estimate of drug-likeness (QED) is 0.788. The third kappa shape index (κ3) is 2.86. The molecule has 4 N–H and O–H groups in total. The smallest absolute Gasteiger partial charge is 0.237 e. The third-order valence-electron chi connectivity index (χ3n) is 5.00. The van der Waals surface area contributed by atoms with Gasteiger partial charge in [-0.15, -0.1) is 0 Å². The second-order valence-corrected chi connectivity index (χ2v) is 6.31. The van der Waals surface area contributed by atoms with E-state index >= 15 is 0 Å². The Bertz CT molecular complexity index is 299. The molecule has 0 radical (unpaired) electrons. The number of carbonyl (C=O) groups excluding carboxylic acids is 1. The Morgan fingerprint density at radius 3 is 2.61 bits per heavy atom. The minimum atomic E-state index is -0.733. The van der Waals surface area contributed by atoms with Crippen molar-refractivity contribution in [3.8, 4) is 0 Å². The average molecular weight is 253 g/mol. The Morgan fingerprint density at radius 1 is 1.33 bits per heavy atom. The molecule has 18 heavy (non-hydrogen) atoms. The van der Waals surface area contributed by atoms with E-state index < -0.39 is 5.54 Å². The highest BCUT2D eigenvalue weighted by molar-refractivity contribution is 5.85. The van der Waals surface area contributed by atoms with E-state index in [2.05, 4.69) is 11.8 Å². The summed E-state index contributed by atoms with van der Waals surface area (Å²) in [4.78, 5) is 14.0. The van der Waals surface area contributed by atoms with Gasteiger partial charge in [0.1, 0.15) is 0 Å². The molecule has 0 spiro atoms. The number of amides is 1. The van der Waals surface area contributed by atoms with Gasteiger partial charge in [0.15, 0.2) is 0 Å². The molecule has 0 aromatic heterocycles. The number of nitrogens with zero attached hydrogens (tertiary/aromatic N) is 1. The van der Waals surface area contributed by atoms with Crippen LogP contribution in [0.15, 0.2) is 0 Å². The molecule has 4 heteroatoms. The average Bonchev–Trinajstić information content (AvgIpc) is 2.72. The molecule has 1 saturated heterocycles. The first-order valence-electron chi connectivity index (χ1n) is 7.33. The molecule has 0 aromatic rings. The fourth-order valence-corrected chi connectivity index (χ4v) is 3.45. The van der Waals surface area contributed by atoms with Crippen LogP contribution in [0.2, 0.25) is 0 Å². The second-order valence-electron chi connectivity index (χ2n) is 6.31. The van der Waals surface area contributed by atoms with Crippen LogP contribution in [0, 0.1) is 11.8 Å². The molecular formula is C14H27N3O. The molecule has 1 heterocycles. The zero-order valence-corrected chi connectivity index (χ0v) is 11.5. The van der Waals surface area contributed by atoms with Crippen LogP contribution in [0.5, 0.6) is 0 Å². The van der Waals surface area contributed by atoms with Gasteiger partial charge in [-0.1, -0.05) is 13.3 Å². The summed E-state index contributed by atoms with van der Waals surface area (Å²) in [6, 6.07) is 0. The van der Waals surface area contributed by atoms with E-state index in [1.165, 1.54) is 25.9 Å². The van der Waals surface area contributed by atoms with Crippen molar-refractivity contribution in [2.75, 3.05) is 19.6 Å². The van der Waals surface area contributed by atoms with Gasteiger partial charge >= 0.3 is 0 Å². The standard InChI is InChI=1S/C14H27N3O/c1-11-4-8-17(9-5-11)10-6-12-3-2-7-14(12,16)13(15)18/h11-12H,2-10,16H2,1H3,(H2,15,18). The number of likely N-dealkylation sites (tertiary alicyclic amines) is 1. The van der Waals surface area contributed by atoms with Gasteiger partial charge in [0, 0.05) is 0 Å². The summed E-state index contributed by atoms with van der Waals surface area (Å²) in [5, 5.41) is 0. The molecule has 2 fully saturated rings. The molecule has 0 bridgehead atoms. The molecule has 104 valence electrons. The number of rotatable bonds is 4. The fourth-order valence-electron chi connectivity index (χ4n) is 3.45. The van der Waals surface area contributed by atoms with Gasteiger partial charge in [0.2, 0.25) is 5.91 Å². The molecular weight excluding hydrogens is 226 g/mol. The van der Waals surface area contributed by atoms with Crippen molar-refractivity contribution in [1.82, 2.24) is 4.90 Å². The largest absolute Gasteiger partial charge is 0.368 e. The van der Waals surface area contributed by atoms with Crippen molar-refractivity contribution < 1.29 is 4.79 Å². The number of nitrogens with two attached hydrogens (primary N) is 2. The van der Waals surface area contributed by atoms with Gasteiger partial charge in [0.25, 0.3) is 0 Å². The maximum absolute atomic E-state index is 11.5. The molecule has 1 aliphatic carbocycles. The number of hydrogen-bond donors (Lipinski definition) is 2. The van der Waals surface area contributed by atoms with Crippen LogP contribution in [-0.2, 0) is 4.79 Å². The molecule has 1 saturated carbocycles. The van der Waals surface area contributed by atoms with Crippen molar-refractivity contribution >= 4 is 5.91 Å². The maximum atomic E-state index is 11.5. The van der Waals surface area contributed by atoms with Crippen LogP contribution in [0.4, 0.5) is 0 Å². The summed E-state index contributed by atoms with van der Waals surface area (Å²) < 4.78 is 0. The summed E-state index contributed by atoms with van der Waals surface area (Å²) in [5.41, 5.74) is 10.9. The van der Waals surface area contributed by atoms with Crippen LogP contribution in [0.3, 0.4) is 0 Å². The van der Waals surface area contributed by atoms with Crippen molar-refractivity contribution in [2.24, 2.45) is 23.3 Å². The monoisotopic (exact) mass is 253 g/mol. The minimum absolute atomic E-state index is 0.286. The molecule has 2 aliphatic rings. The van der Waals surface area contributed by atoms with E-state index in [1.807, 2.05) is 0 Å². The lowest BCUT2D eigenvalue weighted by Crippen LogP contribution is -2.55. The normalized spacial score (nSPS) is 34.9. The molecule has 1 amide bonds. The summed E-state index contributed by atoms with van der Waals surface area (Å²) in [6.07, 6.45) is 6.49. The highest BCUT2D eigenvalue weighted by Crippen LogP contribution is 2.36. The minimum Gasteiger partial charge on any atom is -0.368 e. The van der Waals surface area contributed by atoms with Crippen LogP contribution in [0.25, 0.3) is 0 Å². The maximum Gasteiger partial charge on any atom is 0.237 e. The lowest BCUT2D eigenvalue weighted by atomic mass is 9.84. The lowest BCUT2D eigenvalue weighted by molar-refractivity contribution is -0.124. The number of hydrogen-bond acceptors (Lipinski definition) is 3. The van der Waals surface area contributed by atoms with E-state index in [4.69, 9.17) is 11.5 Å². The topological polar surface area (TPSA) is 72.3 Å². The molecule has 2 unspecified atom stereocenters. The van der Waals surface area contributed by atoms with Crippen molar-refractivity contribution in [2.45, 2.75) is 51.0 Å². The molecule has 0 aromatic carbocycles. The highest BCUT2D eigenvalue weighted by atomic mass is 16.1. The first kappa shape index (κ1) is 13.8. The first-order chi connectivity index (χ1) is 8.52. The van der Waals surface area contributed by atoms with Crippen molar-refractivity contribution in [3.05, 3.63) is 0 Å². The van der Waals surface area contributed by atoms with Crippen LogP contribution in [0.1, 0.15) is 45.4 Å². The van der Waals surface area contributed by atoms with E-state index in [1.54, 1.807) is 0 Å². The van der Waals surface area contributed by atoms with E-state index in [0.29, 0.717) is 0 Å². The summed E-state index contributed by atoms with van der Waals surface area (Å²) in [5.74, 6) is 0.846. The summed E-state index contributed by atoms with van der Waals surface area (Å²) >= 11 is 0. The summed E-state index contributed by atoms with van der Waals surface area (Å²) in [7, 11) is 0. The Kier molecular flexibility index (Phi) is 4.28. The van der Waals surface area contributed by atoms with Gasteiger partial charge in [-0.25, -0.2) is 0 Å². The second kappa shape index (κ2) is 5.57. The van der Waals surface area contributed by atoms with Gasteiger partial charge < -0.3 is 16.4 Å². The van der Waals surface area contributed by atoms with E-state index in [0.717, 1.165) is 38.1 Å². The Hall–Kier alpha value is -0.610. The first-order valence-corrected chi connectivity index (χ1v) is 7.33.